The van der Waals surface area contributed by atoms with Gasteiger partial charge in [0.25, 0.3) is 5.91 Å². The lowest BCUT2D eigenvalue weighted by Crippen LogP contribution is -2.30. The van der Waals surface area contributed by atoms with Gasteiger partial charge in [-0.2, -0.15) is 5.26 Å². The van der Waals surface area contributed by atoms with Crippen molar-refractivity contribution in [3.63, 3.8) is 0 Å². The number of carbonyl (C=O) groups excluding carboxylic acids is 2. The maximum absolute atomic E-state index is 13.0. The molecule has 122 valence electrons. The highest BCUT2D eigenvalue weighted by atomic mass is 19.1. The van der Waals surface area contributed by atoms with Crippen LogP contribution in [0, 0.1) is 17.1 Å². The number of esters is 1. The highest BCUT2D eigenvalue weighted by Gasteiger charge is 2.20. The maximum Gasteiger partial charge on any atom is 0.341 e. The lowest BCUT2D eigenvalue weighted by molar-refractivity contribution is -0.123. The second-order valence-electron chi connectivity index (χ2n) is 4.96. The first-order chi connectivity index (χ1) is 11.4. The van der Waals surface area contributed by atoms with Crippen molar-refractivity contribution >= 4 is 23.3 Å². The molecule has 0 saturated heterocycles. The summed E-state index contributed by atoms with van der Waals surface area (Å²) in [6.45, 7) is 1.39. The van der Waals surface area contributed by atoms with Gasteiger partial charge in [0.2, 0.25) is 0 Å². The van der Waals surface area contributed by atoms with Crippen LogP contribution in [0.25, 0.3) is 0 Å². The fourth-order valence-electron chi connectivity index (χ4n) is 1.91. The van der Waals surface area contributed by atoms with E-state index in [1.165, 1.54) is 19.1 Å². The SMILES string of the molecule is C[C@H](OC(=O)c1ccc(F)cc1N)C(=O)Nc1cccc(C#N)c1. The van der Waals surface area contributed by atoms with Gasteiger partial charge in [0.05, 0.1) is 17.2 Å². The number of ether oxygens (including phenoxy) is 1. The Bertz CT molecular complexity index is 830. The van der Waals surface area contributed by atoms with E-state index in [2.05, 4.69) is 5.32 Å². The molecular formula is C17H14FN3O3. The minimum atomic E-state index is -1.10. The van der Waals surface area contributed by atoms with E-state index in [0.29, 0.717) is 11.3 Å². The number of halogens is 1. The zero-order chi connectivity index (χ0) is 17.7. The molecule has 0 aliphatic carbocycles. The van der Waals surface area contributed by atoms with Crippen LogP contribution in [0.1, 0.15) is 22.8 Å². The van der Waals surface area contributed by atoms with Crippen molar-refractivity contribution < 1.29 is 18.7 Å². The summed E-state index contributed by atoms with van der Waals surface area (Å²) in [6.07, 6.45) is -1.10. The molecule has 0 spiro atoms. The zero-order valence-electron chi connectivity index (χ0n) is 12.7. The molecule has 0 bridgehead atoms. The second-order valence-corrected chi connectivity index (χ2v) is 4.96. The zero-order valence-corrected chi connectivity index (χ0v) is 12.7. The first kappa shape index (κ1) is 17.0. The normalized spacial score (nSPS) is 11.2. The molecule has 0 saturated carbocycles. The third-order valence-electron chi connectivity index (χ3n) is 3.15. The van der Waals surface area contributed by atoms with Crippen LogP contribution in [0.2, 0.25) is 0 Å². The van der Waals surface area contributed by atoms with Crippen molar-refractivity contribution in [2.24, 2.45) is 0 Å². The van der Waals surface area contributed by atoms with Gasteiger partial charge in [0, 0.05) is 11.4 Å². The van der Waals surface area contributed by atoms with Gasteiger partial charge in [-0.15, -0.1) is 0 Å². The number of anilines is 2. The van der Waals surface area contributed by atoms with Crippen LogP contribution in [-0.2, 0) is 9.53 Å². The van der Waals surface area contributed by atoms with Gasteiger partial charge < -0.3 is 15.8 Å². The number of hydrogen-bond donors (Lipinski definition) is 2. The molecule has 2 rings (SSSR count). The molecule has 1 amide bonds. The molecule has 7 heteroatoms. The molecule has 2 aromatic carbocycles. The van der Waals surface area contributed by atoms with Gasteiger partial charge in [-0.05, 0) is 43.3 Å². The third-order valence-corrected chi connectivity index (χ3v) is 3.15. The molecule has 2 aromatic rings. The van der Waals surface area contributed by atoms with Crippen molar-refractivity contribution in [3.8, 4) is 6.07 Å². The predicted molar refractivity (Wildman–Crippen MR) is 85.5 cm³/mol. The smallest absolute Gasteiger partial charge is 0.341 e. The van der Waals surface area contributed by atoms with Crippen molar-refractivity contribution in [2.75, 3.05) is 11.1 Å². The van der Waals surface area contributed by atoms with E-state index < -0.39 is 23.8 Å². The highest BCUT2D eigenvalue weighted by Crippen LogP contribution is 2.16. The minimum absolute atomic E-state index is 0.0254. The Labute approximate surface area is 137 Å². The molecule has 3 N–H and O–H groups in total. The Balaban J connectivity index is 2.03. The lowest BCUT2D eigenvalue weighted by atomic mass is 10.2. The van der Waals surface area contributed by atoms with Crippen LogP contribution < -0.4 is 11.1 Å². The summed E-state index contributed by atoms with van der Waals surface area (Å²) in [6, 6.07) is 11.5. The summed E-state index contributed by atoms with van der Waals surface area (Å²) >= 11 is 0. The van der Waals surface area contributed by atoms with Gasteiger partial charge in [0.1, 0.15) is 5.82 Å². The molecule has 0 aliphatic rings. The maximum atomic E-state index is 13.0. The summed E-state index contributed by atoms with van der Waals surface area (Å²) < 4.78 is 18.0. The third kappa shape index (κ3) is 4.08. The van der Waals surface area contributed by atoms with Crippen LogP contribution in [0.4, 0.5) is 15.8 Å². The van der Waals surface area contributed by atoms with Crippen molar-refractivity contribution in [3.05, 3.63) is 59.4 Å². The van der Waals surface area contributed by atoms with Gasteiger partial charge in [0.15, 0.2) is 6.10 Å². The van der Waals surface area contributed by atoms with Crippen molar-refractivity contribution in [2.45, 2.75) is 13.0 Å². The first-order valence-electron chi connectivity index (χ1n) is 6.97. The molecule has 0 aliphatic heterocycles. The van der Waals surface area contributed by atoms with E-state index in [0.717, 1.165) is 12.1 Å². The molecule has 24 heavy (non-hydrogen) atoms. The summed E-state index contributed by atoms with van der Waals surface area (Å²) in [7, 11) is 0. The summed E-state index contributed by atoms with van der Waals surface area (Å²) in [5.74, 6) is -1.98. The molecule has 6 nitrogen and oxygen atoms in total. The Hall–Kier alpha value is -3.40. The molecule has 0 unspecified atom stereocenters. The number of benzene rings is 2. The number of hydrogen-bond acceptors (Lipinski definition) is 5. The van der Waals surface area contributed by atoms with E-state index in [4.69, 9.17) is 15.7 Å². The second kappa shape index (κ2) is 7.24. The van der Waals surface area contributed by atoms with E-state index in [-0.39, 0.29) is 11.3 Å². The molecule has 0 aromatic heterocycles. The number of nitrogens with zero attached hydrogens (tertiary/aromatic N) is 1. The van der Waals surface area contributed by atoms with Crippen LogP contribution in [0.5, 0.6) is 0 Å². The quantitative estimate of drug-likeness (QED) is 0.663. The minimum Gasteiger partial charge on any atom is -0.449 e. The summed E-state index contributed by atoms with van der Waals surface area (Å²) in [4.78, 5) is 24.1. The number of nitrogen functional groups attached to an aromatic ring is 1. The monoisotopic (exact) mass is 327 g/mol. The van der Waals surface area contributed by atoms with Crippen molar-refractivity contribution in [1.29, 1.82) is 5.26 Å². The standard InChI is InChI=1S/C17H14FN3O3/c1-10(16(22)21-13-4-2-3-11(7-13)9-19)24-17(23)14-6-5-12(18)8-15(14)20/h2-8,10H,20H2,1H3,(H,21,22)/t10-/m0/s1. The Morgan fingerprint density at radius 3 is 2.71 bits per heavy atom. The summed E-state index contributed by atoms with van der Waals surface area (Å²) in [5.41, 5.74) is 6.25. The largest absolute Gasteiger partial charge is 0.449 e. The molecule has 0 heterocycles. The summed E-state index contributed by atoms with van der Waals surface area (Å²) in [5, 5.41) is 11.4. The average Bonchev–Trinajstić information content (AvgIpc) is 2.54. The number of nitrogens with one attached hydrogen (secondary N) is 1. The fraction of sp³-hybridized carbons (Fsp3) is 0.118. The molecule has 1 atom stereocenters. The van der Waals surface area contributed by atoms with Crippen LogP contribution in [0.3, 0.4) is 0 Å². The van der Waals surface area contributed by atoms with Crippen LogP contribution in [-0.4, -0.2) is 18.0 Å². The van der Waals surface area contributed by atoms with Gasteiger partial charge >= 0.3 is 5.97 Å². The van der Waals surface area contributed by atoms with E-state index in [1.807, 2.05) is 6.07 Å². The predicted octanol–water partition coefficient (Wildman–Crippen LogP) is 2.46. The number of rotatable bonds is 4. The van der Waals surface area contributed by atoms with Gasteiger partial charge in [-0.1, -0.05) is 6.07 Å². The Kier molecular flexibility index (Phi) is 5.12. The average molecular weight is 327 g/mol. The van der Waals surface area contributed by atoms with Crippen LogP contribution in [0.15, 0.2) is 42.5 Å². The highest BCUT2D eigenvalue weighted by molar-refractivity contribution is 5.99. The Morgan fingerprint density at radius 2 is 2.04 bits per heavy atom. The van der Waals surface area contributed by atoms with Crippen molar-refractivity contribution in [1.82, 2.24) is 0 Å². The Morgan fingerprint density at radius 1 is 1.29 bits per heavy atom. The molecule has 0 fully saturated rings. The van der Waals surface area contributed by atoms with E-state index in [1.54, 1.807) is 18.2 Å². The number of nitrogens with two attached hydrogens (primary N) is 1. The lowest BCUT2D eigenvalue weighted by Gasteiger charge is -2.14. The number of nitriles is 1. The first-order valence-corrected chi connectivity index (χ1v) is 6.97. The van der Waals surface area contributed by atoms with E-state index >= 15 is 0 Å². The fourth-order valence-corrected chi connectivity index (χ4v) is 1.91. The van der Waals surface area contributed by atoms with Crippen LogP contribution >= 0.6 is 0 Å². The number of amides is 1. The van der Waals surface area contributed by atoms with Gasteiger partial charge in [-0.25, -0.2) is 9.18 Å². The number of carbonyl (C=O) groups is 2. The van der Waals surface area contributed by atoms with E-state index in [9.17, 15) is 14.0 Å². The topological polar surface area (TPSA) is 105 Å². The molecular weight excluding hydrogens is 313 g/mol. The van der Waals surface area contributed by atoms with Gasteiger partial charge in [-0.3, -0.25) is 4.79 Å². The molecule has 0 radical (unpaired) electrons.